The molecule has 1 fully saturated rings. The first-order valence-electron chi connectivity index (χ1n) is 9.10. The molecule has 142 valence electrons. The second-order valence-electron chi connectivity index (χ2n) is 6.52. The Balaban J connectivity index is 1.63. The van der Waals surface area contributed by atoms with E-state index in [4.69, 9.17) is 0 Å². The molecule has 0 aliphatic heterocycles. The van der Waals surface area contributed by atoms with Crippen LogP contribution >= 0.6 is 11.3 Å². The Morgan fingerprint density at radius 1 is 1.04 bits per heavy atom. The number of thiophene rings is 1. The Hall–Kier alpha value is -2.67. The average Bonchev–Trinajstić information content (AvgIpc) is 3.38. The maximum Gasteiger partial charge on any atom is 0.261 e. The predicted octanol–water partition coefficient (Wildman–Crippen LogP) is 2.57. The fraction of sp³-hybridized carbons (Fsp3) is 0.350. The number of carbonyl (C=O) groups is 3. The number of hydrogen-bond acceptors (Lipinski definition) is 4. The highest BCUT2D eigenvalue weighted by Gasteiger charge is 2.23. The summed E-state index contributed by atoms with van der Waals surface area (Å²) >= 11 is 1.31. The molecule has 3 amide bonds. The first kappa shape index (κ1) is 19.1. The van der Waals surface area contributed by atoms with Crippen LogP contribution in [0.2, 0.25) is 0 Å². The monoisotopic (exact) mass is 385 g/mol. The van der Waals surface area contributed by atoms with Crippen LogP contribution in [0.3, 0.4) is 0 Å². The van der Waals surface area contributed by atoms with Gasteiger partial charge in [0.15, 0.2) is 0 Å². The van der Waals surface area contributed by atoms with Crippen LogP contribution in [0.1, 0.15) is 35.4 Å². The van der Waals surface area contributed by atoms with Crippen LogP contribution in [0.15, 0.2) is 47.8 Å². The van der Waals surface area contributed by atoms with Gasteiger partial charge in [-0.15, -0.1) is 11.3 Å². The van der Waals surface area contributed by atoms with Gasteiger partial charge >= 0.3 is 0 Å². The zero-order valence-electron chi connectivity index (χ0n) is 15.0. The molecular formula is C20H23N3O3S. The quantitative estimate of drug-likeness (QED) is 0.769. The first-order chi connectivity index (χ1) is 13.1. The number of para-hydroxylation sites is 1. The molecule has 2 aromatic rings. The number of hydrogen-bond donors (Lipinski definition) is 2. The van der Waals surface area contributed by atoms with Gasteiger partial charge in [0, 0.05) is 11.7 Å². The lowest BCUT2D eigenvalue weighted by atomic mass is 10.2. The Morgan fingerprint density at radius 2 is 1.78 bits per heavy atom. The molecule has 27 heavy (non-hydrogen) atoms. The zero-order valence-corrected chi connectivity index (χ0v) is 15.8. The van der Waals surface area contributed by atoms with Crippen LogP contribution in [0.5, 0.6) is 0 Å². The molecule has 0 saturated heterocycles. The molecule has 0 bridgehead atoms. The van der Waals surface area contributed by atoms with Crippen molar-refractivity contribution in [1.29, 1.82) is 0 Å². The summed E-state index contributed by atoms with van der Waals surface area (Å²) < 4.78 is 0. The lowest BCUT2D eigenvalue weighted by Gasteiger charge is -2.23. The minimum Gasteiger partial charge on any atom is -0.352 e. The minimum absolute atomic E-state index is 0.0613. The predicted molar refractivity (Wildman–Crippen MR) is 106 cm³/mol. The third kappa shape index (κ3) is 5.40. The van der Waals surface area contributed by atoms with E-state index >= 15 is 0 Å². The van der Waals surface area contributed by atoms with Crippen LogP contribution in [0.4, 0.5) is 5.69 Å². The SMILES string of the molecule is O=C(CN(C(=O)CNC(=O)c1cccs1)c1ccccc1)NC1CCCC1. The third-order valence-corrected chi connectivity index (χ3v) is 5.40. The van der Waals surface area contributed by atoms with Crippen LogP contribution < -0.4 is 15.5 Å². The van der Waals surface area contributed by atoms with Gasteiger partial charge in [-0.2, -0.15) is 0 Å². The number of anilines is 1. The molecule has 0 unspecified atom stereocenters. The van der Waals surface area contributed by atoms with E-state index in [1.54, 1.807) is 29.6 Å². The van der Waals surface area contributed by atoms with Gasteiger partial charge in [0.2, 0.25) is 11.8 Å². The maximum atomic E-state index is 12.7. The summed E-state index contributed by atoms with van der Waals surface area (Å²) in [5, 5.41) is 7.44. The van der Waals surface area contributed by atoms with Crippen molar-refractivity contribution in [3.05, 3.63) is 52.7 Å². The number of nitrogens with one attached hydrogen (secondary N) is 2. The highest BCUT2D eigenvalue weighted by atomic mass is 32.1. The van der Waals surface area contributed by atoms with Gasteiger partial charge in [-0.25, -0.2) is 0 Å². The highest BCUT2D eigenvalue weighted by Crippen LogP contribution is 2.18. The van der Waals surface area contributed by atoms with E-state index in [2.05, 4.69) is 10.6 Å². The summed E-state index contributed by atoms with van der Waals surface area (Å²) in [5.74, 6) is -0.793. The van der Waals surface area contributed by atoms with Gasteiger partial charge in [-0.05, 0) is 36.4 Å². The molecule has 3 rings (SSSR count). The molecule has 0 spiro atoms. The topological polar surface area (TPSA) is 78.5 Å². The van der Waals surface area contributed by atoms with Crippen molar-refractivity contribution in [2.24, 2.45) is 0 Å². The Morgan fingerprint density at radius 3 is 2.44 bits per heavy atom. The number of benzene rings is 1. The van der Waals surface area contributed by atoms with Crippen LogP contribution in [0.25, 0.3) is 0 Å². The summed E-state index contributed by atoms with van der Waals surface area (Å²) in [5.41, 5.74) is 0.634. The van der Waals surface area contributed by atoms with Crippen molar-refractivity contribution in [2.75, 3.05) is 18.0 Å². The Bertz CT molecular complexity index is 771. The van der Waals surface area contributed by atoms with Gasteiger partial charge in [0.1, 0.15) is 6.54 Å². The van der Waals surface area contributed by atoms with Crippen molar-refractivity contribution in [3.8, 4) is 0 Å². The second kappa shape index (κ2) is 9.32. The van der Waals surface area contributed by atoms with Crippen LogP contribution in [-0.2, 0) is 9.59 Å². The minimum atomic E-state index is -0.326. The standard InChI is InChI=1S/C20H23N3O3S/c24-18(22-15-7-4-5-8-15)14-23(16-9-2-1-3-10-16)19(25)13-21-20(26)17-11-6-12-27-17/h1-3,6,9-12,15H,4-5,7-8,13-14H2,(H,21,26)(H,22,24). The summed E-state index contributed by atoms with van der Waals surface area (Å²) in [7, 11) is 0. The first-order valence-corrected chi connectivity index (χ1v) is 9.98. The number of rotatable bonds is 7. The third-order valence-electron chi connectivity index (χ3n) is 4.54. The van der Waals surface area contributed by atoms with E-state index in [0.717, 1.165) is 25.7 Å². The van der Waals surface area contributed by atoms with Gasteiger partial charge in [-0.3, -0.25) is 14.4 Å². The van der Waals surface area contributed by atoms with Gasteiger partial charge in [-0.1, -0.05) is 37.1 Å². The molecule has 7 heteroatoms. The van der Waals surface area contributed by atoms with E-state index in [1.807, 2.05) is 18.2 Å². The number of nitrogens with zero attached hydrogens (tertiary/aromatic N) is 1. The molecule has 1 aliphatic rings. The normalized spacial score (nSPS) is 13.9. The van der Waals surface area contributed by atoms with Crippen molar-refractivity contribution >= 4 is 34.7 Å². The zero-order chi connectivity index (χ0) is 19.1. The molecule has 2 N–H and O–H groups in total. The lowest BCUT2D eigenvalue weighted by molar-refractivity contribution is -0.123. The molecule has 1 aromatic heterocycles. The molecule has 6 nitrogen and oxygen atoms in total. The second-order valence-corrected chi connectivity index (χ2v) is 7.47. The highest BCUT2D eigenvalue weighted by molar-refractivity contribution is 7.12. The van der Waals surface area contributed by atoms with Crippen LogP contribution in [0, 0.1) is 0 Å². The smallest absolute Gasteiger partial charge is 0.261 e. The summed E-state index contributed by atoms with van der Waals surface area (Å²) in [6.07, 6.45) is 4.23. The molecule has 1 aromatic carbocycles. The van der Waals surface area contributed by atoms with E-state index in [1.165, 1.54) is 16.2 Å². The van der Waals surface area contributed by atoms with Gasteiger partial charge in [0.25, 0.3) is 5.91 Å². The molecule has 1 heterocycles. The Kier molecular flexibility index (Phi) is 6.59. The van der Waals surface area contributed by atoms with Gasteiger partial charge < -0.3 is 15.5 Å². The van der Waals surface area contributed by atoms with Crippen LogP contribution in [-0.4, -0.2) is 36.9 Å². The van der Waals surface area contributed by atoms with Crippen molar-refractivity contribution in [2.45, 2.75) is 31.7 Å². The molecule has 0 radical (unpaired) electrons. The van der Waals surface area contributed by atoms with Gasteiger partial charge in [0.05, 0.1) is 11.4 Å². The maximum absolute atomic E-state index is 12.7. The van der Waals surface area contributed by atoms with Crippen molar-refractivity contribution in [1.82, 2.24) is 10.6 Å². The fourth-order valence-electron chi connectivity index (χ4n) is 3.16. The lowest BCUT2D eigenvalue weighted by Crippen LogP contribution is -2.46. The largest absolute Gasteiger partial charge is 0.352 e. The summed E-state index contributed by atoms with van der Waals surface area (Å²) in [4.78, 5) is 39.2. The molecule has 1 aliphatic carbocycles. The Labute approximate surface area is 162 Å². The van der Waals surface area contributed by atoms with E-state index in [0.29, 0.717) is 10.6 Å². The van der Waals surface area contributed by atoms with Crippen molar-refractivity contribution in [3.63, 3.8) is 0 Å². The summed E-state index contributed by atoms with van der Waals surface area (Å²) in [6, 6.07) is 12.7. The van der Waals surface area contributed by atoms with E-state index < -0.39 is 0 Å². The molecule has 0 atom stereocenters. The number of carbonyl (C=O) groups excluding carboxylic acids is 3. The van der Waals surface area contributed by atoms with Crippen molar-refractivity contribution < 1.29 is 14.4 Å². The molecule has 1 saturated carbocycles. The fourth-order valence-corrected chi connectivity index (χ4v) is 3.80. The molecular weight excluding hydrogens is 362 g/mol. The summed E-state index contributed by atoms with van der Waals surface area (Å²) in [6.45, 7) is -0.226. The van der Waals surface area contributed by atoms with E-state index in [9.17, 15) is 14.4 Å². The van der Waals surface area contributed by atoms with E-state index in [-0.39, 0.29) is 36.9 Å². The number of amides is 3. The average molecular weight is 385 g/mol.